The summed E-state index contributed by atoms with van der Waals surface area (Å²) in [7, 11) is 0. The minimum Gasteiger partial charge on any atom is -0.375 e. The second-order valence-corrected chi connectivity index (χ2v) is 5.74. The number of anilines is 1. The van der Waals surface area contributed by atoms with Gasteiger partial charge in [-0.05, 0) is 18.9 Å². The monoisotopic (exact) mass is 278 g/mol. The Morgan fingerprint density at radius 2 is 2.25 bits per heavy atom. The van der Waals surface area contributed by atoms with E-state index in [-0.39, 0.29) is 0 Å². The highest BCUT2D eigenvalue weighted by molar-refractivity contribution is 5.36. The normalized spacial score (nSPS) is 19.6. The molecular weight excluding hydrogens is 252 g/mol. The van der Waals surface area contributed by atoms with Crippen molar-refractivity contribution >= 4 is 5.82 Å². The van der Waals surface area contributed by atoms with Crippen molar-refractivity contribution in [3.05, 3.63) is 18.1 Å². The van der Waals surface area contributed by atoms with Gasteiger partial charge in [-0.15, -0.1) is 0 Å². The fourth-order valence-corrected chi connectivity index (χ4v) is 2.27. The predicted molar refractivity (Wildman–Crippen MR) is 80.8 cm³/mol. The van der Waals surface area contributed by atoms with Gasteiger partial charge in [0.15, 0.2) is 0 Å². The van der Waals surface area contributed by atoms with Crippen LogP contribution in [0, 0.1) is 5.92 Å². The third kappa shape index (κ3) is 4.42. The molecule has 1 N–H and O–H groups in total. The fraction of sp³-hybridized carbons (Fsp3) is 0.733. The molecule has 1 aliphatic heterocycles. The SMILES string of the molecule is CCC1CN(c2cnc(CNCC(C)C)cn2)CCO1. The molecule has 1 aromatic rings. The average molecular weight is 278 g/mol. The van der Waals surface area contributed by atoms with Crippen molar-refractivity contribution in [1.82, 2.24) is 15.3 Å². The molecule has 2 heterocycles. The van der Waals surface area contributed by atoms with Crippen molar-refractivity contribution in [2.75, 3.05) is 31.1 Å². The van der Waals surface area contributed by atoms with Gasteiger partial charge in [-0.3, -0.25) is 4.98 Å². The summed E-state index contributed by atoms with van der Waals surface area (Å²) in [5.41, 5.74) is 0.995. The summed E-state index contributed by atoms with van der Waals surface area (Å²) < 4.78 is 5.68. The molecule has 0 aliphatic carbocycles. The number of hydrogen-bond donors (Lipinski definition) is 1. The highest BCUT2D eigenvalue weighted by Crippen LogP contribution is 2.15. The number of nitrogens with one attached hydrogen (secondary N) is 1. The van der Waals surface area contributed by atoms with E-state index in [1.165, 1.54) is 0 Å². The first-order valence-electron chi connectivity index (χ1n) is 7.57. The van der Waals surface area contributed by atoms with Crippen molar-refractivity contribution in [3.8, 4) is 0 Å². The standard InChI is InChI=1S/C15H26N4O/c1-4-14-11-19(5-6-20-14)15-10-17-13(9-18-15)8-16-7-12(2)3/h9-10,12,14,16H,4-8,11H2,1-3H3. The van der Waals surface area contributed by atoms with Crippen molar-refractivity contribution in [2.45, 2.75) is 39.8 Å². The molecule has 1 aromatic heterocycles. The first kappa shape index (κ1) is 15.2. The van der Waals surface area contributed by atoms with Crippen LogP contribution >= 0.6 is 0 Å². The van der Waals surface area contributed by atoms with Crippen LogP contribution in [0.2, 0.25) is 0 Å². The molecule has 0 amide bonds. The van der Waals surface area contributed by atoms with Gasteiger partial charge in [0.25, 0.3) is 0 Å². The highest BCUT2D eigenvalue weighted by atomic mass is 16.5. The zero-order valence-electron chi connectivity index (χ0n) is 12.8. The number of ether oxygens (including phenoxy) is 1. The van der Waals surface area contributed by atoms with Gasteiger partial charge in [0, 0.05) is 19.6 Å². The third-order valence-electron chi connectivity index (χ3n) is 3.47. The van der Waals surface area contributed by atoms with E-state index >= 15 is 0 Å². The van der Waals surface area contributed by atoms with E-state index in [9.17, 15) is 0 Å². The molecule has 5 nitrogen and oxygen atoms in total. The lowest BCUT2D eigenvalue weighted by atomic mass is 10.2. The molecular formula is C15H26N4O. The number of nitrogens with zero attached hydrogens (tertiary/aromatic N) is 3. The molecule has 0 radical (unpaired) electrons. The predicted octanol–water partition coefficient (Wildman–Crippen LogP) is 1.84. The maximum atomic E-state index is 5.68. The van der Waals surface area contributed by atoms with Crippen LogP contribution < -0.4 is 10.2 Å². The van der Waals surface area contributed by atoms with Crippen LogP contribution in [0.1, 0.15) is 32.9 Å². The van der Waals surface area contributed by atoms with E-state index in [4.69, 9.17) is 4.74 Å². The fourth-order valence-electron chi connectivity index (χ4n) is 2.27. The van der Waals surface area contributed by atoms with E-state index in [2.05, 4.69) is 41.0 Å². The summed E-state index contributed by atoms with van der Waals surface area (Å²) in [6.45, 7) is 10.9. The minimum atomic E-state index is 0.318. The maximum Gasteiger partial charge on any atom is 0.147 e. The molecule has 112 valence electrons. The number of rotatable bonds is 6. The Morgan fingerprint density at radius 3 is 2.90 bits per heavy atom. The summed E-state index contributed by atoms with van der Waals surface area (Å²) in [5, 5.41) is 3.38. The van der Waals surface area contributed by atoms with Gasteiger partial charge in [0.1, 0.15) is 5.82 Å². The molecule has 2 rings (SSSR count). The molecule has 5 heteroatoms. The topological polar surface area (TPSA) is 50.3 Å². The Balaban J connectivity index is 1.87. The molecule has 20 heavy (non-hydrogen) atoms. The molecule has 0 aromatic carbocycles. The van der Waals surface area contributed by atoms with Crippen LogP contribution in [0.4, 0.5) is 5.82 Å². The van der Waals surface area contributed by atoms with Gasteiger partial charge in [0.2, 0.25) is 0 Å². The van der Waals surface area contributed by atoms with Crippen molar-refractivity contribution in [3.63, 3.8) is 0 Å². The quantitative estimate of drug-likeness (QED) is 0.860. The first-order chi connectivity index (χ1) is 9.69. The van der Waals surface area contributed by atoms with E-state index in [1.807, 2.05) is 12.4 Å². The summed E-state index contributed by atoms with van der Waals surface area (Å²) in [6.07, 6.45) is 5.11. The lowest BCUT2D eigenvalue weighted by Crippen LogP contribution is -2.42. The van der Waals surface area contributed by atoms with Crippen LogP contribution in [0.15, 0.2) is 12.4 Å². The molecule has 1 aliphatic rings. The van der Waals surface area contributed by atoms with Crippen LogP contribution in [-0.4, -0.2) is 42.3 Å². The Bertz CT molecular complexity index is 393. The molecule has 0 saturated carbocycles. The summed E-state index contributed by atoms with van der Waals surface area (Å²) in [6, 6.07) is 0. The first-order valence-corrected chi connectivity index (χ1v) is 7.57. The Morgan fingerprint density at radius 1 is 1.40 bits per heavy atom. The van der Waals surface area contributed by atoms with Gasteiger partial charge in [-0.25, -0.2) is 4.98 Å². The largest absolute Gasteiger partial charge is 0.375 e. The van der Waals surface area contributed by atoms with E-state index in [0.717, 1.165) is 50.7 Å². The van der Waals surface area contributed by atoms with Crippen LogP contribution in [0.5, 0.6) is 0 Å². The van der Waals surface area contributed by atoms with Crippen LogP contribution in [0.3, 0.4) is 0 Å². The van der Waals surface area contributed by atoms with Crippen LogP contribution in [-0.2, 0) is 11.3 Å². The van der Waals surface area contributed by atoms with Crippen molar-refractivity contribution in [1.29, 1.82) is 0 Å². The highest BCUT2D eigenvalue weighted by Gasteiger charge is 2.20. The molecule has 1 unspecified atom stereocenters. The van der Waals surface area contributed by atoms with E-state index < -0.39 is 0 Å². The summed E-state index contributed by atoms with van der Waals surface area (Å²) in [5.74, 6) is 1.61. The molecule has 1 fully saturated rings. The van der Waals surface area contributed by atoms with Crippen molar-refractivity contribution < 1.29 is 4.74 Å². The minimum absolute atomic E-state index is 0.318. The molecule has 1 atom stereocenters. The van der Waals surface area contributed by atoms with Crippen LogP contribution in [0.25, 0.3) is 0 Å². The van der Waals surface area contributed by atoms with Gasteiger partial charge in [0.05, 0.1) is 30.8 Å². The van der Waals surface area contributed by atoms with Gasteiger partial charge >= 0.3 is 0 Å². The Kier molecular flexibility index (Phi) is 5.73. The van der Waals surface area contributed by atoms with Gasteiger partial charge in [-0.1, -0.05) is 20.8 Å². The number of hydrogen-bond acceptors (Lipinski definition) is 5. The Labute approximate surface area is 121 Å². The number of morpholine rings is 1. The smallest absolute Gasteiger partial charge is 0.147 e. The lowest BCUT2D eigenvalue weighted by Gasteiger charge is -2.33. The lowest BCUT2D eigenvalue weighted by molar-refractivity contribution is 0.0381. The Hall–Kier alpha value is -1.20. The van der Waals surface area contributed by atoms with Crippen molar-refractivity contribution in [2.24, 2.45) is 5.92 Å². The maximum absolute atomic E-state index is 5.68. The molecule has 0 bridgehead atoms. The second-order valence-electron chi connectivity index (χ2n) is 5.74. The summed E-state index contributed by atoms with van der Waals surface area (Å²) in [4.78, 5) is 11.3. The van der Waals surface area contributed by atoms with Gasteiger partial charge in [-0.2, -0.15) is 0 Å². The molecule has 0 spiro atoms. The van der Waals surface area contributed by atoms with Gasteiger partial charge < -0.3 is 15.0 Å². The summed E-state index contributed by atoms with van der Waals surface area (Å²) >= 11 is 0. The van der Waals surface area contributed by atoms with E-state index in [0.29, 0.717) is 12.0 Å². The average Bonchev–Trinajstić information content (AvgIpc) is 2.48. The molecule has 1 saturated heterocycles. The zero-order valence-corrected chi connectivity index (χ0v) is 12.8. The third-order valence-corrected chi connectivity index (χ3v) is 3.47. The van der Waals surface area contributed by atoms with E-state index in [1.54, 1.807) is 0 Å². The number of aromatic nitrogens is 2. The zero-order chi connectivity index (χ0) is 14.4. The second kappa shape index (κ2) is 7.55.